The first-order valence-corrected chi connectivity index (χ1v) is 10.3. The quantitative estimate of drug-likeness (QED) is 0.738. The maximum atomic E-state index is 12.6. The van der Waals surface area contributed by atoms with Gasteiger partial charge in [-0.15, -0.1) is 0 Å². The fourth-order valence-corrected chi connectivity index (χ4v) is 4.61. The molecule has 0 unspecified atom stereocenters. The van der Waals surface area contributed by atoms with Crippen LogP contribution >= 0.6 is 0 Å². The number of imidazole rings is 1. The van der Waals surface area contributed by atoms with Crippen LogP contribution in [0.5, 0.6) is 0 Å². The maximum absolute atomic E-state index is 12.6. The van der Waals surface area contributed by atoms with Crippen molar-refractivity contribution >= 4 is 21.1 Å². The van der Waals surface area contributed by atoms with E-state index in [0.29, 0.717) is 31.0 Å². The SMILES string of the molecule is Cc1cc2nc(-c3n[nH]c4c3CN(S(=O)(=O)C(C)C)CC4)[nH]c2cc1C. The van der Waals surface area contributed by atoms with Crippen molar-refractivity contribution in [1.82, 2.24) is 24.5 Å². The van der Waals surface area contributed by atoms with Crippen LogP contribution in [0.3, 0.4) is 0 Å². The van der Waals surface area contributed by atoms with Crippen LogP contribution in [-0.2, 0) is 23.0 Å². The number of nitrogens with zero attached hydrogens (tertiary/aromatic N) is 3. The van der Waals surface area contributed by atoms with E-state index in [2.05, 4.69) is 46.1 Å². The van der Waals surface area contributed by atoms with Crippen molar-refractivity contribution in [2.75, 3.05) is 6.54 Å². The molecule has 0 saturated carbocycles. The van der Waals surface area contributed by atoms with Gasteiger partial charge in [-0.1, -0.05) is 0 Å². The number of hydrogen-bond donors (Lipinski definition) is 2. The molecular formula is C18H23N5O2S. The van der Waals surface area contributed by atoms with E-state index >= 15 is 0 Å². The average Bonchev–Trinajstić information content (AvgIpc) is 3.17. The molecule has 1 aromatic carbocycles. The van der Waals surface area contributed by atoms with Crippen molar-refractivity contribution in [1.29, 1.82) is 0 Å². The number of H-pyrrole nitrogens is 2. The third-order valence-electron chi connectivity index (χ3n) is 5.18. The molecule has 0 fully saturated rings. The van der Waals surface area contributed by atoms with E-state index < -0.39 is 15.3 Å². The Morgan fingerprint density at radius 2 is 1.92 bits per heavy atom. The van der Waals surface area contributed by atoms with Crippen molar-refractivity contribution in [2.45, 2.75) is 45.9 Å². The monoisotopic (exact) mass is 373 g/mol. The number of sulfonamides is 1. The van der Waals surface area contributed by atoms with Crippen LogP contribution in [0.1, 0.15) is 36.2 Å². The number of rotatable bonds is 3. The molecule has 0 radical (unpaired) electrons. The molecule has 2 aromatic heterocycles. The van der Waals surface area contributed by atoms with Gasteiger partial charge in [-0.05, 0) is 51.0 Å². The van der Waals surface area contributed by atoms with Crippen molar-refractivity contribution in [2.24, 2.45) is 0 Å². The molecule has 0 atom stereocenters. The van der Waals surface area contributed by atoms with E-state index in [1.54, 1.807) is 18.2 Å². The van der Waals surface area contributed by atoms with Crippen molar-refractivity contribution in [3.8, 4) is 11.5 Å². The van der Waals surface area contributed by atoms with Gasteiger partial charge < -0.3 is 4.98 Å². The van der Waals surface area contributed by atoms with Crippen molar-refractivity contribution in [3.05, 3.63) is 34.5 Å². The number of nitrogens with one attached hydrogen (secondary N) is 2. The summed E-state index contributed by atoms with van der Waals surface area (Å²) in [6.07, 6.45) is 0.632. The van der Waals surface area contributed by atoms with Crippen molar-refractivity contribution in [3.63, 3.8) is 0 Å². The lowest BCUT2D eigenvalue weighted by Crippen LogP contribution is -2.39. The summed E-state index contributed by atoms with van der Waals surface area (Å²) in [5.74, 6) is 0.672. The molecule has 3 aromatic rings. The number of hydrogen-bond acceptors (Lipinski definition) is 4. The van der Waals surface area contributed by atoms with E-state index in [0.717, 1.165) is 22.3 Å². The molecule has 1 aliphatic rings. The van der Waals surface area contributed by atoms with Gasteiger partial charge in [0.05, 0.1) is 16.3 Å². The van der Waals surface area contributed by atoms with Gasteiger partial charge in [-0.25, -0.2) is 13.4 Å². The summed E-state index contributed by atoms with van der Waals surface area (Å²) >= 11 is 0. The van der Waals surface area contributed by atoms with Crippen LogP contribution in [0.25, 0.3) is 22.6 Å². The molecule has 0 spiro atoms. The highest BCUT2D eigenvalue weighted by Gasteiger charge is 2.32. The molecule has 1 aliphatic heterocycles. The Kier molecular flexibility index (Phi) is 3.92. The molecule has 138 valence electrons. The number of benzene rings is 1. The zero-order chi connectivity index (χ0) is 18.6. The number of aryl methyl sites for hydroxylation is 2. The van der Waals surface area contributed by atoms with Crippen LogP contribution in [0, 0.1) is 13.8 Å². The van der Waals surface area contributed by atoms with E-state index in [9.17, 15) is 8.42 Å². The van der Waals surface area contributed by atoms with Crippen LogP contribution in [-0.4, -0.2) is 44.7 Å². The van der Waals surface area contributed by atoms with E-state index in [-0.39, 0.29) is 0 Å². The largest absolute Gasteiger partial charge is 0.337 e. The zero-order valence-corrected chi connectivity index (χ0v) is 16.2. The Bertz CT molecular complexity index is 1060. The third kappa shape index (κ3) is 2.64. The van der Waals surface area contributed by atoms with Crippen LogP contribution in [0.15, 0.2) is 12.1 Å². The van der Waals surface area contributed by atoms with Gasteiger partial charge in [0.15, 0.2) is 5.82 Å². The summed E-state index contributed by atoms with van der Waals surface area (Å²) in [7, 11) is -3.29. The zero-order valence-electron chi connectivity index (χ0n) is 15.4. The van der Waals surface area contributed by atoms with Gasteiger partial charge in [0.2, 0.25) is 10.0 Å². The van der Waals surface area contributed by atoms with E-state index in [4.69, 9.17) is 0 Å². The molecule has 4 rings (SSSR count). The van der Waals surface area contributed by atoms with Gasteiger partial charge in [0.1, 0.15) is 5.69 Å². The van der Waals surface area contributed by atoms with Crippen LogP contribution in [0.2, 0.25) is 0 Å². The highest BCUT2D eigenvalue weighted by Crippen LogP contribution is 2.30. The van der Waals surface area contributed by atoms with Gasteiger partial charge >= 0.3 is 0 Å². The second-order valence-corrected chi connectivity index (χ2v) is 9.73. The summed E-state index contributed by atoms with van der Waals surface area (Å²) in [4.78, 5) is 8.01. The summed E-state index contributed by atoms with van der Waals surface area (Å²) in [5.41, 5.74) is 6.84. The minimum absolute atomic E-state index is 0.330. The molecule has 0 bridgehead atoms. The second kappa shape index (κ2) is 5.92. The molecule has 3 heterocycles. The Labute approximate surface area is 152 Å². The van der Waals surface area contributed by atoms with Gasteiger partial charge in [-0.2, -0.15) is 9.40 Å². The van der Waals surface area contributed by atoms with E-state index in [1.807, 2.05) is 0 Å². The average molecular weight is 373 g/mol. The first-order chi connectivity index (χ1) is 12.3. The lowest BCUT2D eigenvalue weighted by atomic mass is 10.1. The number of aromatic nitrogens is 4. The molecule has 0 saturated heterocycles. The minimum Gasteiger partial charge on any atom is -0.337 e. The fraction of sp³-hybridized carbons (Fsp3) is 0.444. The molecule has 7 nitrogen and oxygen atoms in total. The Morgan fingerprint density at radius 3 is 2.65 bits per heavy atom. The van der Waals surface area contributed by atoms with Gasteiger partial charge in [0.25, 0.3) is 0 Å². The first kappa shape index (κ1) is 17.2. The maximum Gasteiger partial charge on any atom is 0.216 e. The Balaban J connectivity index is 1.76. The number of fused-ring (bicyclic) bond motifs is 2. The Morgan fingerprint density at radius 1 is 1.19 bits per heavy atom. The first-order valence-electron chi connectivity index (χ1n) is 8.80. The summed E-state index contributed by atoms with van der Waals surface area (Å²) in [6.45, 7) is 8.37. The normalized spacial score (nSPS) is 15.7. The van der Waals surface area contributed by atoms with Crippen LogP contribution in [0.4, 0.5) is 0 Å². The van der Waals surface area contributed by atoms with Crippen LogP contribution < -0.4 is 0 Å². The smallest absolute Gasteiger partial charge is 0.216 e. The lowest BCUT2D eigenvalue weighted by molar-refractivity contribution is 0.386. The van der Waals surface area contributed by atoms with E-state index in [1.165, 1.54) is 11.1 Å². The minimum atomic E-state index is -3.29. The predicted molar refractivity (Wildman–Crippen MR) is 101 cm³/mol. The van der Waals surface area contributed by atoms with Gasteiger partial charge in [-0.3, -0.25) is 5.10 Å². The fourth-order valence-electron chi connectivity index (χ4n) is 3.36. The predicted octanol–water partition coefficient (Wildman–Crippen LogP) is 2.67. The standard InChI is InChI=1S/C18H23N5O2S/c1-10(2)26(24,25)23-6-5-14-13(9-23)17(22-21-14)18-19-15-7-11(3)12(4)8-16(15)20-18/h7-8,10H,5-6,9H2,1-4H3,(H,19,20)(H,21,22). The second-order valence-electron chi connectivity index (χ2n) is 7.25. The molecular weight excluding hydrogens is 350 g/mol. The Hall–Kier alpha value is -2.19. The molecule has 8 heteroatoms. The summed E-state index contributed by atoms with van der Waals surface area (Å²) < 4.78 is 26.7. The molecule has 0 aliphatic carbocycles. The van der Waals surface area contributed by atoms with Crippen molar-refractivity contribution < 1.29 is 8.42 Å². The van der Waals surface area contributed by atoms with Gasteiger partial charge in [0, 0.05) is 30.8 Å². The molecule has 0 amide bonds. The summed E-state index contributed by atoms with van der Waals surface area (Å²) in [6, 6.07) is 4.13. The summed E-state index contributed by atoms with van der Waals surface area (Å²) in [5, 5.41) is 7.06. The molecule has 26 heavy (non-hydrogen) atoms. The highest BCUT2D eigenvalue weighted by molar-refractivity contribution is 7.89. The molecule has 2 N–H and O–H groups in total. The lowest BCUT2D eigenvalue weighted by Gasteiger charge is -2.27. The number of aromatic amines is 2. The third-order valence-corrected chi connectivity index (χ3v) is 7.40. The highest BCUT2D eigenvalue weighted by atomic mass is 32.2. The topological polar surface area (TPSA) is 94.7 Å².